The van der Waals surface area contributed by atoms with E-state index in [0.717, 1.165) is 15.5 Å². The minimum absolute atomic E-state index is 0.251. The lowest BCUT2D eigenvalue weighted by Crippen LogP contribution is -3.13. The minimum Gasteiger partial charge on any atom is -0.456 e. The summed E-state index contributed by atoms with van der Waals surface area (Å²) in [6.07, 6.45) is 3.93. The largest absolute Gasteiger partial charge is 0.456 e. The molecule has 1 fully saturated rings. The van der Waals surface area contributed by atoms with Crippen LogP contribution in [0, 0.1) is 0 Å². The first-order chi connectivity index (χ1) is 9.15. The van der Waals surface area contributed by atoms with Gasteiger partial charge in [-0.15, -0.1) is 0 Å². The average Bonchev–Trinajstić information content (AvgIpc) is 2.38. The maximum absolute atomic E-state index is 11.9. The number of halogens is 2. The van der Waals surface area contributed by atoms with Crippen molar-refractivity contribution >= 4 is 37.8 Å². The van der Waals surface area contributed by atoms with E-state index in [9.17, 15) is 4.79 Å². The Morgan fingerprint density at radius 1 is 1.11 bits per heavy atom. The summed E-state index contributed by atoms with van der Waals surface area (Å²) in [5.74, 6) is -0.251. The summed E-state index contributed by atoms with van der Waals surface area (Å²) in [5.41, 5.74) is 0.579. The third-order valence-electron chi connectivity index (χ3n) is 3.35. The summed E-state index contributed by atoms with van der Waals surface area (Å²) in [5, 5.41) is 0. The Morgan fingerprint density at radius 3 is 2.37 bits per heavy atom. The van der Waals surface area contributed by atoms with Gasteiger partial charge in [0.15, 0.2) is 0 Å². The Hall–Kier alpha value is -0.390. The molecule has 0 bridgehead atoms. The number of esters is 1. The van der Waals surface area contributed by atoms with Gasteiger partial charge in [-0.05, 0) is 37.5 Å². The number of likely N-dealkylation sites (tertiary alicyclic amines) is 1. The van der Waals surface area contributed by atoms with E-state index in [1.807, 2.05) is 6.07 Å². The van der Waals surface area contributed by atoms with E-state index in [1.54, 1.807) is 17.0 Å². The van der Waals surface area contributed by atoms with Crippen LogP contribution in [0.4, 0.5) is 0 Å². The van der Waals surface area contributed by atoms with Crippen LogP contribution in [0.25, 0.3) is 0 Å². The molecule has 0 amide bonds. The van der Waals surface area contributed by atoms with Crippen LogP contribution >= 0.6 is 31.9 Å². The van der Waals surface area contributed by atoms with Gasteiger partial charge in [0.25, 0.3) is 0 Å². The summed E-state index contributed by atoms with van der Waals surface area (Å²) in [7, 11) is 0. The van der Waals surface area contributed by atoms with E-state index in [-0.39, 0.29) is 5.97 Å². The van der Waals surface area contributed by atoms with E-state index in [4.69, 9.17) is 4.74 Å². The number of rotatable bonds is 4. The second-order valence-corrected chi connectivity index (χ2v) is 6.69. The number of carbonyl (C=O) groups excluding carboxylic acids is 1. The zero-order valence-electron chi connectivity index (χ0n) is 10.8. The SMILES string of the molecule is O=C(OCC[NH+]1CCCCC1)c1cc(Br)cc(Br)c1. The average molecular weight is 392 g/mol. The highest BCUT2D eigenvalue weighted by Crippen LogP contribution is 2.20. The molecule has 0 saturated carbocycles. The summed E-state index contributed by atoms with van der Waals surface area (Å²) in [6, 6.07) is 5.45. The summed E-state index contributed by atoms with van der Waals surface area (Å²) < 4.78 is 7.08. The molecular weight excluding hydrogens is 374 g/mol. The Labute approximate surface area is 130 Å². The zero-order chi connectivity index (χ0) is 13.7. The van der Waals surface area contributed by atoms with Crippen LogP contribution < -0.4 is 4.90 Å². The lowest BCUT2D eigenvalue weighted by Gasteiger charge is -2.23. The van der Waals surface area contributed by atoms with E-state index in [0.29, 0.717) is 12.2 Å². The second kappa shape index (κ2) is 7.41. The van der Waals surface area contributed by atoms with E-state index in [1.165, 1.54) is 32.4 Å². The van der Waals surface area contributed by atoms with Crippen LogP contribution in [0.2, 0.25) is 0 Å². The van der Waals surface area contributed by atoms with Gasteiger partial charge in [-0.25, -0.2) is 4.79 Å². The van der Waals surface area contributed by atoms with Gasteiger partial charge in [-0.2, -0.15) is 0 Å². The third-order valence-corrected chi connectivity index (χ3v) is 4.26. The molecule has 19 heavy (non-hydrogen) atoms. The summed E-state index contributed by atoms with van der Waals surface area (Å²) >= 11 is 6.74. The summed E-state index contributed by atoms with van der Waals surface area (Å²) in [6.45, 7) is 3.83. The van der Waals surface area contributed by atoms with Crippen molar-refractivity contribution in [2.75, 3.05) is 26.2 Å². The van der Waals surface area contributed by atoms with Crippen molar-refractivity contribution in [2.45, 2.75) is 19.3 Å². The van der Waals surface area contributed by atoms with Crippen molar-refractivity contribution in [3.05, 3.63) is 32.7 Å². The molecule has 5 heteroatoms. The fraction of sp³-hybridized carbons (Fsp3) is 0.500. The van der Waals surface area contributed by atoms with Gasteiger partial charge >= 0.3 is 5.97 Å². The molecule has 1 aliphatic rings. The normalized spacial score (nSPS) is 16.3. The van der Waals surface area contributed by atoms with E-state index >= 15 is 0 Å². The predicted octanol–water partition coefficient (Wildman–Crippen LogP) is 2.44. The molecule has 3 nitrogen and oxygen atoms in total. The van der Waals surface area contributed by atoms with Crippen molar-refractivity contribution in [3.8, 4) is 0 Å². The first-order valence-corrected chi connectivity index (χ1v) is 8.20. The smallest absolute Gasteiger partial charge is 0.338 e. The lowest BCUT2D eigenvalue weighted by molar-refractivity contribution is -0.905. The first kappa shape index (κ1) is 15.0. The molecule has 1 saturated heterocycles. The monoisotopic (exact) mass is 390 g/mol. The number of piperidine rings is 1. The van der Waals surface area contributed by atoms with Crippen molar-refractivity contribution in [1.82, 2.24) is 0 Å². The molecule has 1 heterocycles. The van der Waals surface area contributed by atoms with Crippen LogP contribution in [0.3, 0.4) is 0 Å². The quantitative estimate of drug-likeness (QED) is 0.799. The Balaban J connectivity index is 1.80. The second-order valence-electron chi connectivity index (χ2n) is 4.85. The molecule has 1 N–H and O–H groups in total. The Bertz CT molecular complexity index is 425. The molecule has 1 aromatic rings. The molecule has 1 aromatic carbocycles. The molecule has 2 rings (SSSR count). The fourth-order valence-electron chi connectivity index (χ4n) is 2.34. The summed E-state index contributed by atoms with van der Waals surface area (Å²) in [4.78, 5) is 13.5. The number of carbonyl (C=O) groups is 1. The Kier molecular flexibility index (Phi) is 5.85. The molecule has 104 valence electrons. The number of hydrogen-bond donors (Lipinski definition) is 1. The molecule has 0 aromatic heterocycles. The standard InChI is InChI=1S/C14H17Br2NO2/c15-12-8-11(9-13(16)10-12)14(18)19-7-6-17-4-2-1-3-5-17/h8-10H,1-7H2/p+1. The van der Waals surface area contributed by atoms with Gasteiger partial charge in [0, 0.05) is 8.95 Å². The lowest BCUT2D eigenvalue weighted by atomic mass is 10.1. The maximum atomic E-state index is 11.9. The minimum atomic E-state index is -0.251. The van der Waals surface area contributed by atoms with Gasteiger partial charge in [0.05, 0.1) is 18.7 Å². The van der Waals surface area contributed by atoms with Crippen LogP contribution in [-0.2, 0) is 4.74 Å². The fourth-order valence-corrected chi connectivity index (χ4v) is 3.64. The molecule has 0 radical (unpaired) electrons. The van der Waals surface area contributed by atoms with Gasteiger partial charge in [0.2, 0.25) is 0 Å². The number of quaternary nitrogens is 1. The number of ether oxygens (including phenoxy) is 1. The highest BCUT2D eigenvalue weighted by molar-refractivity contribution is 9.11. The highest BCUT2D eigenvalue weighted by atomic mass is 79.9. The topological polar surface area (TPSA) is 30.7 Å². The van der Waals surface area contributed by atoms with Gasteiger partial charge in [-0.1, -0.05) is 31.9 Å². The van der Waals surface area contributed by atoms with Crippen LogP contribution in [0.5, 0.6) is 0 Å². The van der Waals surface area contributed by atoms with Crippen LogP contribution in [-0.4, -0.2) is 32.2 Å². The Morgan fingerprint density at radius 2 is 1.74 bits per heavy atom. The molecule has 1 aliphatic heterocycles. The molecule has 0 unspecified atom stereocenters. The van der Waals surface area contributed by atoms with E-state index in [2.05, 4.69) is 31.9 Å². The predicted molar refractivity (Wildman–Crippen MR) is 81.5 cm³/mol. The number of nitrogens with one attached hydrogen (secondary N) is 1. The molecule has 0 aliphatic carbocycles. The molecule has 0 atom stereocenters. The third kappa shape index (κ3) is 4.89. The zero-order valence-corrected chi connectivity index (χ0v) is 13.9. The maximum Gasteiger partial charge on any atom is 0.338 e. The van der Waals surface area contributed by atoms with Crippen molar-refractivity contribution in [2.24, 2.45) is 0 Å². The molecule has 0 spiro atoms. The number of hydrogen-bond acceptors (Lipinski definition) is 2. The number of benzene rings is 1. The van der Waals surface area contributed by atoms with Crippen molar-refractivity contribution in [1.29, 1.82) is 0 Å². The van der Waals surface area contributed by atoms with Gasteiger partial charge < -0.3 is 9.64 Å². The van der Waals surface area contributed by atoms with Crippen LogP contribution in [0.1, 0.15) is 29.6 Å². The highest BCUT2D eigenvalue weighted by Gasteiger charge is 2.14. The van der Waals surface area contributed by atoms with Gasteiger partial charge in [0.1, 0.15) is 13.2 Å². The van der Waals surface area contributed by atoms with Crippen molar-refractivity contribution < 1.29 is 14.4 Å². The van der Waals surface area contributed by atoms with Crippen molar-refractivity contribution in [3.63, 3.8) is 0 Å². The first-order valence-electron chi connectivity index (χ1n) is 6.62. The van der Waals surface area contributed by atoms with Crippen LogP contribution in [0.15, 0.2) is 27.1 Å². The molecular formula is C14H18Br2NO2+. The van der Waals surface area contributed by atoms with E-state index < -0.39 is 0 Å². The van der Waals surface area contributed by atoms with Gasteiger partial charge in [-0.3, -0.25) is 0 Å².